The molecule has 1 aromatic carbocycles. The van der Waals surface area contributed by atoms with Crippen molar-refractivity contribution in [2.24, 2.45) is 7.05 Å². The molecule has 1 atom stereocenters. The summed E-state index contributed by atoms with van der Waals surface area (Å²) in [5.41, 5.74) is 0.905. The van der Waals surface area contributed by atoms with Crippen molar-refractivity contribution >= 4 is 40.0 Å². The molecule has 164 valence electrons. The van der Waals surface area contributed by atoms with E-state index >= 15 is 0 Å². The molecule has 0 saturated carbocycles. The van der Waals surface area contributed by atoms with Crippen LogP contribution in [0.4, 0.5) is 9.52 Å². The molecule has 0 saturated heterocycles. The number of carbonyl (C=O) groups excluding carboxylic acids is 2. The molecule has 0 spiro atoms. The number of aromatic nitrogens is 4. The summed E-state index contributed by atoms with van der Waals surface area (Å²) in [6, 6.07) is 5.82. The number of aryl methyl sites for hydroxylation is 2. The van der Waals surface area contributed by atoms with Crippen molar-refractivity contribution in [3.05, 3.63) is 52.0 Å². The second-order valence-electron chi connectivity index (χ2n) is 6.85. The number of hydrogen-bond donors (Lipinski definition) is 2. The van der Waals surface area contributed by atoms with E-state index in [2.05, 4.69) is 25.8 Å². The maximum absolute atomic E-state index is 13.7. The Balaban J connectivity index is 1.52. The first-order valence-corrected chi connectivity index (χ1v) is 11.3. The second-order valence-corrected chi connectivity index (χ2v) is 9.36. The minimum atomic E-state index is -0.562. The van der Waals surface area contributed by atoms with Gasteiger partial charge in [-0.2, -0.15) is 0 Å². The number of hydrogen-bond acceptors (Lipinski definition) is 7. The lowest BCUT2D eigenvalue weighted by atomic mass is 10.2. The Hall–Kier alpha value is -2.79. The zero-order valence-electron chi connectivity index (χ0n) is 17.6. The van der Waals surface area contributed by atoms with Crippen LogP contribution in [0.25, 0.3) is 0 Å². The van der Waals surface area contributed by atoms with Crippen LogP contribution in [0.15, 0.2) is 29.4 Å². The Morgan fingerprint density at radius 2 is 2.00 bits per heavy atom. The summed E-state index contributed by atoms with van der Waals surface area (Å²) in [5, 5.41) is 14.6. The molecule has 0 fully saturated rings. The second kappa shape index (κ2) is 10.0. The fourth-order valence-corrected chi connectivity index (χ4v) is 4.29. The van der Waals surface area contributed by atoms with Crippen molar-refractivity contribution in [3.8, 4) is 0 Å². The van der Waals surface area contributed by atoms with E-state index in [9.17, 15) is 14.0 Å². The largest absolute Gasteiger partial charge is 0.351 e. The summed E-state index contributed by atoms with van der Waals surface area (Å²) in [5.74, 6) is -0.559. The minimum Gasteiger partial charge on any atom is -0.351 e. The Labute approximate surface area is 187 Å². The summed E-state index contributed by atoms with van der Waals surface area (Å²) >= 11 is 2.73. The van der Waals surface area contributed by atoms with Gasteiger partial charge in [0.1, 0.15) is 11.6 Å². The zero-order chi connectivity index (χ0) is 22.5. The van der Waals surface area contributed by atoms with Gasteiger partial charge in [0.25, 0.3) is 5.91 Å². The highest BCUT2D eigenvalue weighted by molar-refractivity contribution is 8.00. The summed E-state index contributed by atoms with van der Waals surface area (Å²) in [4.78, 5) is 29.9. The van der Waals surface area contributed by atoms with Crippen LogP contribution in [0.2, 0.25) is 0 Å². The standard InChI is InChI=1S/C20H23FN6O2S2/c1-11-12(2)30-19(23-11)24-17(28)13(3)31-20-26-25-16(27(20)4)9-10-22-18(29)14-7-5-6-8-15(14)21/h5-8,13H,9-10H2,1-4H3,(H,22,29)(H,23,24,28). The summed E-state index contributed by atoms with van der Waals surface area (Å²) in [7, 11) is 1.80. The average molecular weight is 463 g/mol. The third kappa shape index (κ3) is 5.67. The lowest BCUT2D eigenvalue weighted by Crippen LogP contribution is -2.27. The van der Waals surface area contributed by atoms with Crippen molar-refractivity contribution in [1.82, 2.24) is 25.1 Å². The van der Waals surface area contributed by atoms with Gasteiger partial charge in [0.2, 0.25) is 5.91 Å². The number of nitrogens with one attached hydrogen (secondary N) is 2. The molecule has 0 aliphatic rings. The maximum atomic E-state index is 13.7. The van der Waals surface area contributed by atoms with Crippen LogP contribution in [0, 0.1) is 19.7 Å². The number of rotatable bonds is 8. The van der Waals surface area contributed by atoms with Crippen LogP contribution in [0.1, 0.15) is 33.7 Å². The molecule has 0 bridgehead atoms. The highest BCUT2D eigenvalue weighted by atomic mass is 32.2. The lowest BCUT2D eigenvalue weighted by molar-refractivity contribution is -0.115. The topological polar surface area (TPSA) is 102 Å². The number of benzene rings is 1. The van der Waals surface area contributed by atoms with E-state index in [4.69, 9.17) is 0 Å². The Morgan fingerprint density at radius 1 is 1.26 bits per heavy atom. The van der Waals surface area contributed by atoms with Gasteiger partial charge in [-0.3, -0.25) is 9.59 Å². The van der Waals surface area contributed by atoms with Crippen LogP contribution in [0.5, 0.6) is 0 Å². The van der Waals surface area contributed by atoms with E-state index < -0.39 is 17.0 Å². The summed E-state index contributed by atoms with van der Waals surface area (Å²) in [6.45, 7) is 5.93. The van der Waals surface area contributed by atoms with E-state index in [1.54, 1.807) is 24.6 Å². The first kappa shape index (κ1) is 22.9. The number of nitrogens with zero attached hydrogens (tertiary/aromatic N) is 4. The molecule has 2 heterocycles. The van der Waals surface area contributed by atoms with Crippen molar-refractivity contribution < 1.29 is 14.0 Å². The predicted octanol–water partition coefficient (Wildman–Crippen LogP) is 3.12. The van der Waals surface area contributed by atoms with E-state index in [1.807, 2.05) is 13.8 Å². The molecule has 3 aromatic rings. The number of carbonyl (C=O) groups is 2. The molecular weight excluding hydrogens is 439 g/mol. The fraction of sp³-hybridized carbons (Fsp3) is 0.350. The van der Waals surface area contributed by atoms with E-state index in [0.717, 1.165) is 10.6 Å². The monoisotopic (exact) mass is 462 g/mol. The fourth-order valence-electron chi connectivity index (χ4n) is 2.64. The van der Waals surface area contributed by atoms with Crippen molar-refractivity contribution in [2.75, 3.05) is 11.9 Å². The minimum absolute atomic E-state index is 0.00200. The molecule has 11 heteroatoms. The summed E-state index contributed by atoms with van der Waals surface area (Å²) in [6.07, 6.45) is 0.419. The quantitative estimate of drug-likeness (QED) is 0.499. The summed E-state index contributed by atoms with van der Waals surface area (Å²) < 4.78 is 15.5. The molecule has 31 heavy (non-hydrogen) atoms. The number of anilines is 1. The first-order valence-electron chi connectivity index (χ1n) is 9.58. The third-order valence-corrected chi connectivity index (χ3v) is 6.71. The first-order chi connectivity index (χ1) is 14.8. The zero-order valence-corrected chi connectivity index (χ0v) is 19.2. The molecule has 2 N–H and O–H groups in total. The van der Waals surface area contributed by atoms with Gasteiger partial charge < -0.3 is 15.2 Å². The van der Waals surface area contributed by atoms with Crippen LogP contribution in [-0.4, -0.2) is 43.4 Å². The maximum Gasteiger partial charge on any atom is 0.254 e. The molecular formula is C20H23FN6O2S2. The average Bonchev–Trinajstić information content (AvgIpc) is 3.23. The molecule has 2 amide bonds. The molecule has 3 rings (SSSR count). The van der Waals surface area contributed by atoms with Crippen LogP contribution < -0.4 is 10.6 Å². The molecule has 8 nitrogen and oxygen atoms in total. The SMILES string of the molecule is Cc1nc(NC(=O)C(C)Sc2nnc(CCNC(=O)c3ccccc3F)n2C)sc1C. The van der Waals surface area contributed by atoms with E-state index in [0.29, 0.717) is 22.5 Å². The molecule has 0 aliphatic carbocycles. The number of halogens is 1. The van der Waals surface area contributed by atoms with Gasteiger partial charge in [0.05, 0.1) is 16.5 Å². The third-order valence-electron chi connectivity index (χ3n) is 4.59. The van der Waals surface area contributed by atoms with E-state index in [-0.39, 0.29) is 18.0 Å². The normalized spacial score (nSPS) is 11.9. The van der Waals surface area contributed by atoms with Gasteiger partial charge >= 0.3 is 0 Å². The Kier molecular flexibility index (Phi) is 7.39. The molecule has 0 aliphatic heterocycles. The van der Waals surface area contributed by atoms with Crippen LogP contribution in [0.3, 0.4) is 0 Å². The van der Waals surface area contributed by atoms with Gasteiger partial charge in [-0.15, -0.1) is 21.5 Å². The number of amides is 2. The van der Waals surface area contributed by atoms with Gasteiger partial charge in [-0.1, -0.05) is 23.9 Å². The van der Waals surface area contributed by atoms with Gasteiger partial charge in [0, 0.05) is 24.9 Å². The Morgan fingerprint density at radius 3 is 2.68 bits per heavy atom. The number of thioether (sulfide) groups is 1. The highest BCUT2D eigenvalue weighted by Gasteiger charge is 2.20. The van der Waals surface area contributed by atoms with Crippen molar-refractivity contribution in [3.63, 3.8) is 0 Å². The van der Waals surface area contributed by atoms with Crippen molar-refractivity contribution in [2.45, 2.75) is 37.6 Å². The highest BCUT2D eigenvalue weighted by Crippen LogP contribution is 2.25. The van der Waals surface area contributed by atoms with E-state index in [1.165, 1.54) is 41.3 Å². The molecule has 2 aromatic heterocycles. The lowest BCUT2D eigenvalue weighted by Gasteiger charge is -2.10. The smallest absolute Gasteiger partial charge is 0.254 e. The molecule has 0 radical (unpaired) electrons. The van der Waals surface area contributed by atoms with Gasteiger partial charge in [-0.25, -0.2) is 9.37 Å². The molecule has 1 unspecified atom stereocenters. The van der Waals surface area contributed by atoms with Crippen molar-refractivity contribution in [1.29, 1.82) is 0 Å². The van der Waals surface area contributed by atoms with Crippen LogP contribution in [-0.2, 0) is 18.3 Å². The van der Waals surface area contributed by atoms with Gasteiger partial charge in [-0.05, 0) is 32.9 Å². The van der Waals surface area contributed by atoms with Gasteiger partial charge in [0.15, 0.2) is 10.3 Å². The van der Waals surface area contributed by atoms with Crippen LogP contribution >= 0.6 is 23.1 Å². The predicted molar refractivity (Wildman–Crippen MR) is 119 cm³/mol. The Bertz CT molecular complexity index is 1080. The number of thiazole rings is 1.